The molecule has 1 atom stereocenters. The second-order valence-corrected chi connectivity index (χ2v) is 5.89. The summed E-state index contributed by atoms with van der Waals surface area (Å²) in [6.45, 7) is 1.85. The van der Waals surface area contributed by atoms with Crippen LogP contribution in [0.4, 0.5) is 0 Å². The van der Waals surface area contributed by atoms with Crippen molar-refractivity contribution in [3.05, 3.63) is 33.8 Å². The van der Waals surface area contributed by atoms with Gasteiger partial charge in [0.25, 0.3) is 11.8 Å². The summed E-state index contributed by atoms with van der Waals surface area (Å²) in [5.41, 5.74) is 6.15. The molecule has 1 aromatic rings. The van der Waals surface area contributed by atoms with Gasteiger partial charge in [0.2, 0.25) is 5.91 Å². The smallest absolute Gasteiger partial charge is 0.262 e. The number of fused-ring (bicyclic) bond motifs is 1. The van der Waals surface area contributed by atoms with Crippen LogP contribution in [-0.2, 0) is 4.79 Å². The van der Waals surface area contributed by atoms with Crippen LogP contribution in [0.5, 0.6) is 0 Å². The van der Waals surface area contributed by atoms with Gasteiger partial charge in [-0.2, -0.15) is 0 Å². The van der Waals surface area contributed by atoms with Gasteiger partial charge in [-0.25, -0.2) is 0 Å². The molecule has 1 aliphatic rings. The topological polar surface area (TPSA) is 83.7 Å². The quantitative estimate of drug-likeness (QED) is 0.813. The predicted molar refractivity (Wildman–Crippen MR) is 80.8 cm³/mol. The first kappa shape index (κ1) is 15.7. The van der Waals surface area contributed by atoms with Gasteiger partial charge in [-0.05, 0) is 25.1 Å². The fourth-order valence-corrected chi connectivity index (χ4v) is 2.42. The minimum atomic E-state index is -0.446. The van der Waals surface area contributed by atoms with Gasteiger partial charge in [0, 0.05) is 24.1 Å². The number of hydrogen-bond acceptors (Lipinski definition) is 4. The zero-order chi connectivity index (χ0) is 15.7. The van der Waals surface area contributed by atoms with Gasteiger partial charge < -0.3 is 10.6 Å². The molecule has 2 rings (SSSR count). The Morgan fingerprint density at radius 2 is 1.95 bits per heavy atom. The van der Waals surface area contributed by atoms with Crippen molar-refractivity contribution in [2.45, 2.75) is 13.0 Å². The molecule has 0 saturated carbocycles. The SMILES string of the molecule is CC(CN)N(C)C(=O)CN1C(=O)c2ccc(Br)cc2C1=O. The number of likely N-dealkylation sites (N-methyl/N-ethyl adjacent to an activating group) is 1. The maximum atomic E-state index is 12.2. The van der Waals surface area contributed by atoms with Crippen LogP contribution in [0.25, 0.3) is 0 Å². The summed E-state index contributed by atoms with van der Waals surface area (Å²) in [6, 6.07) is 4.71. The normalized spacial score (nSPS) is 15.1. The fraction of sp³-hybridized carbons (Fsp3) is 0.357. The Labute approximate surface area is 131 Å². The lowest BCUT2D eigenvalue weighted by Gasteiger charge is -2.25. The van der Waals surface area contributed by atoms with Crippen LogP contribution in [0, 0.1) is 0 Å². The number of hydrogen-bond donors (Lipinski definition) is 1. The van der Waals surface area contributed by atoms with Crippen LogP contribution in [0.2, 0.25) is 0 Å². The van der Waals surface area contributed by atoms with E-state index in [4.69, 9.17) is 5.73 Å². The number of carbonyl (C=O) groups excluding carboxylic acids is 3. The lowest BCUT2D eigenvalue weighted by Crippen LogP contribution is -2.46. The summed E-state index contributed by atoms with van der Waals surface area (Å²) >= 11 is 3.26. The summed E-state index contributed by atoms with van der Waals surface area (Å²) in [6.07, 6.45) is 0. The molecular formula is C14H16BrN3O3. The number of halogens is 1. The molecule has 3 amide bonds. The Morgan fingerprint density at radius 1 is 1.33 bits per heavy atom. The van der Waals surface area contributed by atoms with Crippen molar-refractivity contribution in [2.24, 2.45) is 5.73 Å². The number of carbonyl (C=O) groups is 3. The molecule has 112 valence electrons. The minimum Gasteiger partial charge on any atom is -0.340 e. The first-order chi connectivity index (χ1) is 9.86. The van der Waals surface area contributed by atoms with Crippen LogP contribution >= 0.6 is 15.9 Å². The molecule has 1 heterocycles. The summed E-state index contributed by atoms with van der Waals surface area (Å²) in [7, 11) is 1.61. The van der Waals surface area contributed by atoms with Crippen LogP contribution in [0.3, 0.4) is 0 Å². The minimum absolute atomic E-state index is 0.151. The standard InChI is InChI=1S/C14H16BrN3O3/c1-8(6-16)17(2)12(19)7-18-13(20)10-4-3-9(15)5-11(10)14(18)21/h3-5,8H,6-7,16H2,1-2H3. The summed E-state index contributed by atoms with van der Waals surface area (Å²) < 4.78 is 0.712. The third kappa shape index (κ3) is 2.84. The van der Waals surface area contributed by atoms with E-state index >= 15 is 0 Å². The third-order valence-electron chi connectivity index (χ3n) is 3.62. The Hall–Kier alpha value is -1.73. The number of amides is 3. The van der Waals surface area contributed by atoms with Crippen molar-refractivity contribution in [1.82, 2.24) is 9.80 Å². The Bertz CT molecular complexity index is 617. The second kappa shape index (κ2) is 5.95. The Morgan fingerprint density at radius 3 is 2.57 bits per heavy atom. The monoisotopic (exact) mass is 353 g/mol. The van der Waals surface area contributed by atoms with Crippen molar-refractivity contribution in [2.75, 3.05) is 20.1 Å². The molecular weight excluding hydrogens is 338 g/mol. The zero-order valence-corrected chi connectivity index (χ0v) is 13.4. The van der Waals surface area contributed by atoms with Crippen LogP contribution in [-0.4, -0.2) is 53.7 Å². The van der Waals surface area contributed by atoms with E-state index in [-0.39, 0.29) is 18.5 Å². The first-order valence-corrected chi connectivity index (χ1v) is 7.27. The largest absolute Gasteiger partial charge is 0.340 e. The van der Waals surface area contributed by atoms with Crippen LogP contribution in [0.1, 0.15) is 27.6 Å². The fourth-order valence-electron chi connectivity index (χ4n) is 2.06. The van der Waals surface area contributed by atoms with Crippen molar-refractivity contribution in [3.63, 3.8) is 0 Å². The molecule has 0 bridgehead atoms. The molecule has 0 aliphatic carbocycles. The van der Waals surface area contributed by atoms with E-state index in [1.54, 1.807) is 32.2 Å². The van der Waals surface area contributed by atoms with Gasteiger partial charge in [-0.1, -0.05) is 15.9 Å². The van der Waals surface area contributed by atoms with E-state index in [0.29, 0.717) is 22.1 Å². The van der Waals surface area contributed by atoms with Gasteiger partial charge in [0.05, 0.1) is 11.1 Å². The zero-order valence-electron chi connectivity index (χ0n) is 11.8. The van der Waals surface area contributed by atoms with Crippen molar-refractivity contribution < 1.29 is 14.4 Å². The Kier molecular flexibility index (Phi) is 4.43. The average Bonchev–Trinajstić information content (AvgIpc) is 2.70. The second-order valence-electron chi connectivity index (χ2n) is 4.98. The summed E-state index contributed by atoms with van der Waals surface area (Å²) in [4.78, 5) is 39.0. The molecule has 7 heteroatoms. The molecule has 6 nitrogen and oxygen atoms in total. The van der Waals surface area contributed by atoms with Crippen molar-refractivity contribution in [3.8, 4) is 0 Å². The Balaban J connectivity index is 2.19. The molecule has 0 spiro atoms. The van der Waals surface area contributed by atoms with E-state index in [2.05, 4.69) is 15.9 Å². The van der Waals surface area contributed by atoms with Gasteiger partial charge >= 0.3 is 0 Å². The molecule has 1 aromatic carbocycles. The number of imide groups is 1. The number of nitrogens with zero attached hydrogens (tertiary/aromatic N) is 2. The number of rotatable bonds is 4. The highest BCUT2D eigenvalue weighted by Crippen LogP contribution is 2.25. The van der Waals surface area contributed by atoms with Gasteiger partial charge in [0.15, 0.2) is 0 Å². The molecule has 1 aliphatic heterocycles. The highest BCUT2D eigenvalue weighted by Gasteiger charge is 2.37. The van der Waals surface area contributed by atoms with Crippen molar-refractivity contribution in [1.29, 1.82) is 0 Å². The average molecular weight is 354 g/mol. The van der Waals surface area contributed by atoms with E-state index in [0.717, 1.165) is 4.90 Å². The highest BCUT2D eigenvalue weighted by molar-refractivity contribution is 9.10. The first-order valence-electron chi connectivity index (χ1n) is 6.48. The van der Waals surface area contributed by atoms with E-state index in [1.165, 1.54) is 4.90 Å². The molecule has 0 saturated heterocycles. The number of benzene rings is 1. The van der Waals surface area contributed by atoms with Crippen LogP contribution in [0.15, 0.2) is 22.7 Å². The van der Waals surface area contributed by atoms with Gasteiger partial charge in [0.1, 0.15) is 6.54 Å². The molecule has 0 aromatic heterocycles. The highest BCUT2D eigenvalue weighted by atomic mass is 79.9. The van der Waals surface area contributed by atoms with E-state index in [9.17, 15) is 14.4 Å². The van der Waals surface area contributed by atoms with Gasteiger partial charge in [-0.3, -0.25) is 19.3 Å². The summed E-state index contributed by atoms with van der Waals surface area (Å²) in [5, 5.41) is 0. The molecule has 21 heavy (non-hydrogen) atoms. The molecule has 0 radical (unpaired) electrons. The third-order valence-corrected chi connectivity index (χ3v) is 4.12. The maximum absolute atomic E-state index is 12.2. The lowest BCUT2D eigenvalue weighted by molar-refractivity contribution is -0.131. The van der Waals surface area contributed by atoms with Crippen molar-refractivity contribution >= 4 is 33.7 Å². The molecule has 1 unspecified atom stereocenters. The predicted octanol–water partition coefficient (Wildman–Crippen LogP) is 0.851. The number of nitrogens with two attached hydrogens (primary N) is 1. The lowest BCUT2D eigenvalue weighted by atomic mass is 10.1. The maximum Gasteiger partial charge on any atom is 0.262 e. The molecule has 2 N–H and O–H groups in total. The van der Waals surface area contributed by atoms with E-state index in [1.807, 2.05) is 0 Å². The van der Waals surface area contributed by atoms with Gasteiger partial charge in [-0.15, -0.1) is 0 Å². The van der Waals surface area contributed by atoms with E-state index < -0.39 is 11.8 Å². The summed E-state index contributed by atoms with van der Waals surface area (Å²) in [5.74, 6) is -1.20. The van der Waals surface area contributed by atoms with Crippen LogP contribution < -0.4 is 5.73 Å². The molecule has 0 fully saturated rings.